The van der Waals surface area contributed by atoms with Crippen LogP contribution in [0, 0.1) is 0 Å². The van der Waals surface area contributed by atoms with Crippen molar-refractivity contribution in [2.24, 2.45) is 0 Å². The lowest BCUT2D eigenvalue weighted by Gasteiger charge is -2.30. The summed E-state index contributed by atoms with van der Waals surface area (Å²) in [5.41, 5.74) is 8.95. The number of nitrogen functional groups attached to an aromatic ring is 1. The first-order valence-corrected chi connectivity index (χ1v) is 5.41. The maximum absolute atomic E-state index is 11.3. The minimum atomic E-state index is -0.213. The third kappa shape index (κ3) is 2.82. The van der Waals surface area contributed by atoms with Crippen molar-refractivity contribution in [3.63, 3.8) is 0 Å². The molecule has 0 spiro atoms. The second kappa shape index (κ2) is 5.77. The van der Waals surface area contributed by atoms with Gasteiger partial charge in [-0.25, -0.2) is 0 Å². The maximum Gasteiger partial charge on any atom is 0.325 e. The zero-order valence-electron chi connectivity index (χ0n) is 9.81. The van der Waals surface area contributed by atoms with Crippen LogP contribution in [0.25, 0.3) is 0 Å². The van der Waals surface area contributed by atoms with E-state index in [9.17, 15) is 4.79 Å². The van der Waals surface area contributed by atoms with Gasteiger partial charge in [0.15, 0.2) is 0 Å². The molecule has 0 aromatic heterocycles. The second-order valence-corrected chi connectivity index (χ2v) is 3.95. The van der Waals surface area contributed by atoms with Crippen molar-refractivity contribution in [2.75, 3.05) is 30.8 Å². The fraction of sp³-hybridized carbons (Fsp3) is 0.417. The van der Waals surface area contributed by atoms with E-state index in [0.29, 0.717) is 6.54 Å². The Hall–Kier alpha value is -1.42. The van der Waals surface area contributed by atoms with Gasteiger partial charge in [0.25, 0.3) is 0 Å². The zero-order valence-corrected chi connectivity index (χ0v) is 10.6. The van der Waals surface area contributed by atoms with Crippen molar-refractivity contribution in [1.29, 1.82) is 0 Å². The molecular weight excluding hydrogens is 240 g/mol. The minimum absolute atomic E-state index is 0. The van der Waals surface area contributed by atoms with E-state index in [-0.39, 0.29) is 18.4 Å². The van der Waals surface area contributed by atoms with E-state index in [1.807, 2.05) is 23.1 Å². The Morgan fingerprint density at radius 3 is 3.00 bits per heavy atom. The SMILES string of the molecule is COC(=O)CN1CCCc2c(N)cccc21.Cl. The number of esters is 1. The number of ether oxygens (including phenoxy) is 1. The third-order valence-electron chi connectivity index (χ3n) is 2.93. The number of hydrogen-bond acceptors (Lipinski definition) is 4. The van der Waals surface area contributed by atoms with Gasteiger partial charge in [0.1, 0.15) is 6.54 Å². The summed E-state index contributed by atoms with van der Waals surface area (Å²) >= 11 is 0. The van der Waals surface area contributed by atoms with E-state index in [0.717, 1.165) is 36.3 Å². The van der Waals surface area contributed by atoms with Gasteiger partial charge < -0.3 is 15.4 Å². The van der Waals surface area contributed by atoms with E-state index >= 15 is 0 Å². The van der Waals surface area contributed by atoms with E-state index in [2.05, 4.69) is 4.74 Å². The van der Waals surface area contributed by atoms with E-state index in [1.54, 1.807) is 0 Å². The first-order chi connectivity index (χ1) is 7.72. The Labute approximate surface area is 107 Å². The largest absolute Gasteiger partial charge is 0.468 e. The molecule has 94 valence electrons. The number of anilines is 2. The highest BCUT2D eigenvalue weighted by molar-refractivity contribution is 5.85. The van der Waals surface area contributed by atoms with Crippen molar-refractivity contribution in [3.05, 3.63) is 23.8 Å². The number of nitrogens with zero attached hydrogens (tertiary/aromatic N) is 1. The predicted molar refractivity (Wildman–Crippen MR) is 70.7 cm³/mol. The first-order valence-electron chi connectivity index (χ1n) is 5.41. The van der Waals surface area contributed by atoms with Gasteiger partial charge >= 0.3 is 5.97 Å². The quantitative estimate of drug-likeness (QED) is 0.645. The Kier molecular flexibility index (Phi) is 4.63. The molecule has 2 rings (SSSR count). The molecule has 5 heteroatoms. The van der Waals surface area contributed by atoms with Crippen LogP contribution in [0.3, 0.4) is 0 Å². The molecule has 1 aromatic carbocycles. The number of rotatable bonds is 2. The summed E-state index contributed by atoms with van der Waals surface area (Å²) < 4.78 is 4.69. The van der Waals surface area contributed by atoms with Crippen molar-refractivity contribution in [2.45, 2.75) is 12.8 Å². The zero-order chi connectivity index (χ0) is 11.5. The summed E-state index contributed by atoms with van der Waals surface area (Å²) in [6.07, 6.45) is 2.01. The summed E-state index contributed by atoms with van der Waals surface area (Å²) in [4.78, 5) is 13.3. The fourth-order valence-corrected chi connectivity index (χ4v) is 2.11. The van der Waals surface area contributed by atoms with Crippen LogP contribution < -0.4 is 10.6 Å². The smallest absolute Gasteiger partial charge is 0.325 e. The molecule has 0 radical (unpaired) electrons. The average molecular weight is 257 g/mol. The van der Waals surface area contributed by atoms with E-state index in [1.165, 1.54) is 7.11 Å². The normalized spacial score (nSPS) is 13.6. The van der Waals surface area contributed by atoms with Crippen molar-refractivity contribution < 1.29 is 9.53 Å². The summed E-state index contributed by atoms with van der Waals surface area (Å²) in [7, 11) is 1.41. The van der Waals surface area contributed by atoms with Crippen LogP contribution in [-0.4, -0.2) is 26.2 Å². The standard InChI is InChI=1S/C12H16N2O2.ClH/c1-16-12(15)8-14-7-3-4-9-10(13)5-2-6-11(9)14;/h2,5-6H,3-4,7-8,13H2,1H3;1H. The Morgan fingerprint density at radius 1 is 1.53 bits per heavy atom. The number of methoxy groups -OCH3 is 1. The van der Waals surface area contributed by atoms with Gasteiger partial charge in [-0.15, -0.1) is 12.4 Å². The molecule has 0 saturated heterocycles. The second-order valence-electron chi connectivity index (χ2n) is 3.95. The molecule has 17 heavy (non-hydrogen) atoms. The monoisotopic (exact) mass is 256 g/mol. The number of benzene rings is 1. The van der Waals surface area contributed by atoms with Gasteiger partial charge in [0, 0.05) is 17.9 Å². The lowest BCUT2D eigenvalue weighted by atomic mass is 10.00. The molecule has 1 heterocycles. The third-order valence-corrected chi connectivity index (χ3v) is 2.93. The molecule has 0 unspecified atom stereocenters. The topological polar surface area (TPSA) is 55.6 Å². The van der Waals surface area contributed by atoms with Crippen LogP contribution in [0.2, 0.25) is 0 Å². The van der Waals surface area contributed by atoms with Crippen LogP contribution in [-0.2, 0) is 16.0 Å². The highest BCUT2D eigenvalue weighted by atomic mass is 35.5. The molecule has 0 bridgehead atoms. The molecule has 0 amide bonds. The van der Waals surface area contributed by atoms with Gasteiger partial charge in [0.2, 0.25) is 0 Å². The molecule has 0 aliphatic carbocycles. The van der Waals surface area contributed by atoms with Crippen molar-refractivity contribution in [3.8, 4) is 0 Å². The average Bonchev–Trinajstić information content (AvgIpc) is 2.30. The maximum atomic E-state index is 11.3. The molecule has 4 nitrogen and oxygen atoms in total. The summed E-state index contributed by atoms with van der Waals surface area (Å²) in [6, 6.07) is 5.83. The van der Waals surface area contributed by atoms with Gasteiger partial charge in [-0.2, -0.15) is 0 Å². The molecule has 1 aliphatic heterocycles. The Balaban J connectivity index is 0.00000144. The van der Waals surface area contributed by atoms with Gasteiger partial charge in [0.05, 0.1) is 7.11 Å². The van der Waals surface area contributed by atoms with Crippen LogP contribution in [0.1, 0.15) is 12.0 Å². The molecule has 0 saturated carbocycles. The van der Waals surface area contributed by atoms with Crippen LogP contribution in [0.4, 0.5) is 11.4 Å². The summed E-state index contributed by atoms with van der Waals surface area (Å²) in [5, 5.41) is 0. The number of halogens is 1. The molecule has 1 aromatic rings. The number of carbonyl (C=O) groups excluding carboxylic acids is 1. The van der Waals surface area contributed by atoms with Gasteiger partial charge in [-0.3, -0.25) is 4.79 Å². The number of nitrogens with two attached hydrogens (primary N) is 1. The molecular formula is C12H17ClN2O2. The molecule has 2 N–H and O–H groups in total. The van der Waals surface area contributed by atoms with Crippen LogP contribution in [0.15, 0.2) is 18.2 Å². The Morgan fingerprint density at radius 2 is 2.29 bits per heavy atom. The lowest BCUT2D eigenvalue weighted by Crippen LogP contribution is -2.35. The van der Waals surface area contributed by atoms with E-state index < -0.39 is 0 Å². The predicted octanol–water partition coefficient (Wildman–Crippen LogP) is 1.62. The highest BCUT2D eigenvalue weighted by Crippen LogP contribution is 2.30. The summed E-state index contributed by atoms with van der Waals surface area (Å²) in [6.45, 7) is 1.18. The first kappa shape index (κ1) is 13.6. The van der Waals surface area contributed by atoms with E-state index in [4.69, 9.17) is 5.73 Å². The number of carbonyl (C=O) groups is 1. The van der Waals surface area contributed by atoms with Crippen LogP contribution in [0.5, 0.6) is 0 Å². The minimum Gasteiger partial charge on any atom is -0.468 e. The number of fused-ring (bicyclic) bond motifs is 1. The summed E-state index contributed by atoms with van der Waals surface area (Å²) in [5.74, 6) is -0.213. The van der Waals surface area contributed by atoms with Crippen molar-refractivity contribution >= 4 is 29.8 Å². The Bertz CT molecular complexity index is 409. The van der Waals surface area contributed by atoms with Gasteiger partial charge in [-0.05, 0) is 30.5 Å². The molecule has 0 fully saturated rings. The van der Waals surface area contributed by atoms with Crippen LogP contribution >= 0.6 is 12.4 Å². The molecule has 1 aliphatic rings. The van der Waals surface area contributed by atoms with Crippen molar-refractivity contribution in [1.82, 2.24) is 0 Å². The molecule has 0 atom stereocenters. The lowest BCUT2D eigenvalue weighted by molar-refractivity contribution is -0.138. The number of hydrogen-bond donors (Lipinski definition) is 1. The van der Waals surface area contributed by atoms with Gasteiger partial charge in [-0.1, -0.05) is 6.07 Å². The highest BCUT2D eigenvalue weighted by Gasteiger charge is 2.20. The fourth-order valence-electron chi connectivity index (χ4n) is 2.11.